The SMILES string of the molecule is CC(C)C([AsH2])C(O[SiH](C)C)C(C)(C)C. The average molecular weight is 278 g/mol. The zero-order valence-electron chi connectivity index (χ0n) is 10.8. The van der Waals surface area contributed by atoms with Crippen LogP contribution in [0.25, 0.3) is 0 Å². The Balaban J connectivity index is 4.56. The first-order valence-electron chi connectivity index (χ1n) is 5.57. The molecule has 0 amide bonds. The molecule has 0 spiro atoms. The molecule has 0 bridgehead atoms. The van der Waals surface area contributed by atoms with Gasteiger partial charge < -0.3 is 0 Å². The van der Waals surface area contributed by atoms with Gasteiger partial charge in [-0.3, -0.25) is 0 Å². The topological polar surface area (TPSA) is 9.23 Å². The first-order chi connectivity index (χ1) is 6.16. The van der Waals surface area contributed by atoms with E-state index < -0.39 is 9.04 Å². The summed E-state index contributed by atoms with van der Waals surface area (Å²) >= 11 is 1.83. The second kappa shape index (κ2) is 5.72. The molecule has 0 aliphatic carbocycles. The van der Waals surface area contributed by atoms with Crippen molar-refractivity contribution < 1.29 is 4.43 Å². The van der Waals surface area contributed by atoms with E-state index in [9.17, 15) is 0 Å². The summed E-state index contributed by atoms with van der Waals surface area (Å²) in [5.41, 5.74) is 0.280. The minimum atomic E-state index is -0.916. The summed E-state index contributed by atoms with van der Waals surface area (Å²) in [4.78, 5) is 0. The summed E-state index contributed by atoms with van der Waals surface area (Å²) in [5.74, 6) is 0.729. The molecule has 0 fully saturated rings. The van der Waals surface area contributed by atoms with E-state index in [1.54, 1.807) is 0 Å². The van der Waals surface area contributed by atoms with Gasteiger partial charge in [-0.1, -0.05) is 0 Å². The van der Waals surface area contributed by atoms with Gasteiger partial charge in [0.05, 0.1) is 0 Å². The van der Waals surface area contributed by atoms with Crippen LogP contribution < -0.4 is 0 Å². The maximum atomic E-state index is 6.19. The van der Waals surface area contributed by atoms with Gasteiger partial charge in [0.1, 0.15) is 0 Å². The Kier molecular flexibility index (Phi) is 6.02. The molecule has 0 N–H and O–H groups in total. The van der Waals surface area contributed by atoms with Crippen molar-refractivity contribution >= 4 is 25.9 Å². The Morgan fingerprint density at radius 2 is 1.57 bits per heavy atom. The number of hydrogen-bond donors (Lipinski definition) is 0. The molecule has 0 saturated carbocycles. The third-order valence-corrected chi connectivity index (χ3v) is 5.58. The third kappa shape index (κ3) is 5.00. The molecule has 0 aromatic heterocycles. The molecule has 0 aliphatic rings. The van der Waals surface area contributed by atoms with Crippen molar-refractivity contribution in [2.45, 2.75) is 58.5 Å². The predicted molar refractivity (Wildman–Crippen MR) is 70.3 cm³/mol. The molecule has 3 heteroatoms. The van der Waals surface area contributed by atoms with Crippen LogP contribution in [0.15, 0.2) is 0 Å². The van der Waals surface area contributed by atoms with Gasteiger partial charge in [0.15, 0.2) is 0 Å². The molecular formula is C11H27AsOSi. The van der Waals surface area contributed by atoms with E-state index >= 15 is 0 Å². The second-order valence-electron chi connectivity index (χ2n) is 5.79. The Morgan fingerprint density at radius 3 is 1.79 bits per heavy atom. The molecule has 3 atom stereocenters. The summed E-state index contributed by atoms with van der Waals surface area (Å²) in [6.07, 6.45) is 0.439. The summed E-state index contributed by atoms with van der Waals surface area (Å²) in [6, 6.07) is 0. The van der Waals surface area contributed by atoms with Gasteiger partial charge in [-0.25, -0.2) is 0 Å². The van der Waals surface area contributed by atoms with Crippen LogP contribution in [-0.4, -0.2) is 32.0 Å². The van der Waals surface area contributed by atoms with E-state index in [0.29, 0.717) is 10.8 Å². The van der Waals surface area contributed by atoms with Gasteiger partial charge in [-0.15, -0.1) is 0 Å². The molecule has 3 unspecified atom stereocenters. The van der Waals surface area contributed by atoms with Gasteiger partial charge in [0.2, 0.25) is 0 Å². The van der Waals surface area contributed by atoms with Crippen molar-refractivity contribution in [2.24, 2.45) is 11.3 Å². The van der Waals surface area contributed by atoms with Crippen LogP contribution >= 0.6 is 0 Å². The molecule has 0 radical (unpaired) electrons. The van der Waals surface area contributed by atoms with Crippen LogP contribution in [0.4, 0.5) is 0 Å². The van der Waals surface area contributed by atoms with E-state index in [1.807, 2.05) is 16.9 Å². The van der Waals surface area contributed by atoms with Gasteiger partial charge in [-0.05, 0) is 0 Å². The summed E-state index contributed by atoms with van der Waals surface area (Å²) in [5, 5.41) is 0. The Hall–Kier alpha value is 0.735. The fourth-order valence-electron chi connectivity index (χ4n) is 1.51. The van der Waals surface area contributed by atoms with Crippen LogP contribution in [0, 0.1) is 11.3 Å². The summed E-state index contributed by atoms with van der Waals surface area (Å²) < 4.78 is 6.90. The molecule has 86 valence electrons. The molecule has 0 aromatic carbocycles. The predicted octanol–water partition coefficient (Wildman–Crippen LogP) is 2.48. The normalized spacial score (nSPS) is 17.6. The van der Waals surface area contributed by atoms with Gasteiger partial charge >= 0.3 is 100 Å². The van der Waals surface area contributed by atoms with Crippen molar-refractivity contribution in [1.29, 1.82) is 0 Å². The molecule has 0 aliphatic heterocycles. The summed E-state index contributed by atoms with van der Waals surface area (Å²) in [7, 11) is -0.916. The molecule has 0 aromatic rings. The van der Waals surface area contributed by atoms with Crippen LogP contribution in [0.5, 0.6) is 0 Å². The zero-order valence-corrected chi connectivity index (χ0v) is 14.4. The van der Waals surface area contributed by atoms with Crippen LogP contribution in [0.2, 0.25) is 17.8 Å². The average Bonchev–Trinajstić information content (AvgIpc) is 1.96. The molecule has 0 saturated heterocycles. The van der Waals surface area contributed by atoms with Crippen LogP contribution in [0.1, 0.15) is 34.6 Å². The van der Waals surface area contributed by atoms with Gasteiger partial charge in [0.25, 0.3) is 0 Å². The molecule has 1 nitrogen and oxygen atoms in total. The number of hydrogen-bond acceptors (Lipinski definition) is 1. The standard InChI is InChI=1S/C11H27AsOSi/c1-8(2)9(12)10(11(3,4)5)13-14(6)7/h8-10,14H,12H2,1-7H3. The molecule has 14 heavy (non-hydrogen) atoms. The van der Waals surface area contributed by atoms with Crippen molar-refractivity contribution in [3.05, 3.63) is 0 Å². The maximum absolute atomic E-state index is 6.19. The first kappa shape index (κ1) is 14.7. The zero-order chi connectivity index (χ0) is 11.5. The fourth-order valence-corrected chi connectivity index (χ4v) is 4.47. The number of rotatable bonds is 4. The first-order valence-corrected chi connectivity index (χ1v) is 9.75. The quantitative estimate of drug-likeness (QED) is 0.718. The van der Waals surface area contributed by atoms with E-state index in [2.05, 4.69) is 47.7 Å². The van der Waals surface area contributed by atoms with Crippen molar-refractivity contribution in [2.75, 3.05) is 0 Å². The molecule has 0 heterocycles. The van der Waals surface area contributed by atoms with Gasteiger partial charge in [-0.2, -0.15) is 0 Å². The minimum absolute atomic E-state index is 0.280. The third-order valence-electron chi connectivity index (χ3n) is 2.39. The van der Waals surface area contributed by atoms with E-state index in [-0.39, 0.29) is 5.41 Å². The fraction of sp³-hybridized carbons (Fsp3) is 1.00. The van der Waals surface area contributed by atoms with Crippen molar-refractivity contribution in [1.82, 2.24) is 0 Å². The van der Waals surface area contributed by atoms with E-state index in [0.717, 1.165) is 5.92 Å². The van der Waals surface area contributed by atoms with Gasteiger partial charge in [0, 0.05) is 0 Å². The van der Waals surface area contributed by atoms with E-state index in [1.165, 1.54) is 0 Å². The molecule has 0 rings (SSSR count). The van der Waals surface area contributed by atoms with Crippen LogP contribution in [0.3, 0.4) is 0 Å². The van der Waals surface area contributed by atoms with E-state index in [4.69, 9.17) is 4.43 Å². The Bertz CT molecular complexity index is 163. The molecular weight excluding hydrogens is 251 g/mol. The van der Waals surface area contributed by atoms with Crippen molar-refractivity contribution in [3.63, 3.8) is 0 Å². The monoisotopic (exact) mass is 278 g/mol. The summed E-state index contributed by atoms with van der Waals surface area (Å²) in [6.45, 7) is 16.0. The second-order valence-corrected chi connectivity index (χ2v) is 9.78. The Labute approximate surface area is 100 Å². The van der Waals surface area contributed by atoms with Crippen LogP contribution in [-0.2, 0) is 4.43 Å². The van der Waals surface area contributed by atoms with Crippen molar-refractivity contribution in [3.8, 4) is 0 Å². The Morgan fingerprint density at radius 1 is 1.14 bits per heavy atom.